The van der Waals surface area contributed by atoms with Crippen molar-refractivity contribution in [2.75, 3.05) is 25.1 Å². The number of benzene rings is 2. The third-order valence-corrected chi connectivity index (χ3v) is 6.90. The molecule has 2 N–H and O–H groups in total. The van der Waals surface area contributed by atoms with Crippen molar-refractivity contribution >= 4 is 23.5 Å². The Morgan fingerprint density at radius 1 is 1.00 bits per heavy atom. The van der Waals surface area contributed by atoms with Crippen LogP contribution in [0.4, 0.5) is 14.5 Å². The SMILES string of the molecule is COC(=O)[C@@H](C)C[C@H](NC(=O)C1CCN(c2ccc(F)cc2)CC1)C(=O)NC(C)(C)Cc1ccc(F)cc1. The fourth-order valence-electron chi connectivity index (χ4n) is 4.80. The van der Waals surface area contributed by atoms with E-state index in [2.05, 4.69) is 15.5 Å². The Bertz CT molecular complexity index is 1100. The van der Waals surface area contributed by atoms with E-state index in [1.807, 2.05) is 13.8 Å². The van der Waals surface area contributed by atoms with E-state index < -0.39 is 29.4 Å². The van der Waals surface area contributed by atoms with Crippen LogP contribution < -0.4 is 15.5 Å². The van der Waals surface area contributed by atoms with Gasteiger partial charge >= 0.3 is 5.97 Å². The van der Waals surface area contributed by atoms with Gasteiger partial charge in [0, 0.05) is 30.2 Å². The Kier molecular flexibility index (Phi) is 9.83. The van der Waals surface area contributed by atoms with Crippen LogP contribution in [0.1, 0.15) is 45.6 Å². The van der Waals surface area contributed by atoms with Gasteiger partial charge in [-0.2, -0.15) is 0 Å². The minimum atomic E-state index is -0.931. The second kappa shape index (κ2) is 12.8. The average Bonchev–Trinajstić information content (AvgIpc) is 2.89. The molecule has 1 aliphatic rings. The predicted molar refractivity (Wildman–Crippen MR) is 141 cm³/mol. The predicted octanol–water partition coefficient (Wildman–Crippen LogP) is 4.00. The van der Waals surface area contributed by atoms with Crippen molar-refractivity contribution in [1.82, 2.24) is 10.6 Å². The van der Waals surface area contributed by atoms with Crippen LogP contribution >= 0.6 is 0 Å². The van der Waals surface area contributed by atoms with Crippen molar-refractivity contribution in [3.05, 3.63) is 65.7 Å². The molecule has 2 aromatic rings. The molecule has 1 aliphatic heterocycles. The van der Waals surface area contributed by atoms with E-state index in [4.69, 9.17) is 4.74 Å². The number of amides is 2. The summed E-state index contributed by atoms with van der Waals surface area (Å²) in [6, 6.07) is 11.4. The van der Waals surface area contributed by atoms with Gasteiger partial charge in [0.25, 0.3) is 0 Å². The van der Waals surface area contributed by atoms with E-state index in [0.717, 1.165) is 11.3 Å². The number of carbonyl (C=O) groups excluding carboxylic acids is 3. The number of hydrogen-bond acceptors (Lipinski definition) is 5. The molecular weight excluding hydrogens is 492 g/mol. The van der Waals surface area contributed by atoms with Gasteiger partial charge in [0.1, 0.15) is 17.7 Å². The molecule has 2 amide bonds. The summed E-state index contributed by atoms with van der Waals surface area (Å²) in [5.74, 6) is -2.62. The first-order chi connectivity index (χ1) is 18.0. The molecule has 0 aromatic heterocycles. The second-order valence-electron chi connectivity index (χ2n) is 10.6. The summed E-state index contributed by atoms with van der Waals surface area (Å²) in [5, 5.41) is 5.86. The lowest BCUT2D eigenvalue weighted by molar-refractivity contribution is -0.146. The molecule has 7 nitrogen and oxygen atoms in total. The van der Waals surface area contributed by atoms with Gasteiger partial charge in [-0.25, -0.2) is 8.78 Å². The number of methoxy groups -OCH3 is 1. The molecule has 1 heterocycles. The largest absolute Gasteiger partial charge is 0.469 e. The highest BCUT2D eigenvalue weighted by Gasteiger charge is 2.33. The smallest absolute Gasteiger partial charge is 0.308 e. The quantitative estimate of drug-likeness (QED) is 0.455. The maximum Gasteiger partial charge on any atom is 0.308 e. The summed E-state index contributed by atoms with van der Waals surface area (Å²) in [6.07, 6.45) is 1.71. The van der Waals surface area contributed by atoms with Crippen LogP contribution in [0, 0.1) is 23.5 Å². The van der Waals surface area contributed by atoms with Crippen LogP contribution in [0.2, 0.25) is 0 Å². The standard InChI is InChI=1S/C29H37F2N3O4/c1-19(28(37)38-4)17-25(27(36)33-29(2,3)18-20-5-7-22(30)8-6-20)32-26(35)21-13-15-34(16-14-21)24-11-9-23(31)10-12-24/h5-12,19,21,25H,13-18H2,1-4H3,(H,32,35)(H,33,36)/t19-,25-/m0/s1. The van der Waals surface area contributed by atoms with Crippen LogP contribution in [0.25, 0.3) is 0 Å². The van der Waals surface area contributed by atoms with Crippen molar-refractivity contribution in [2.45, 2.75) is 58.0 Å². The Labute approximate surface area is 222 Å². The van der Waals surface area contributed by atoms with E-state index in [1.54, 1.807) is 31.2 Å². The van der Waals surface area contributed by atoms with E-state index in [0.29, 0.717) is 32.4 Å². The molecule has 0 radical (unpaired) electrons. The van der Waals surface area contributed by atoms with Crippen LogP contribution in [-0.4, -0.2) is 49.6 Å². The van der Waals surface area contributed by atoms with Gasteiger partial charge in [0.2, 0.25) is 11.8 Å². The average molecular weight is 530 g/mol. The number of rotatable bonds is 10. The Hall–Kier alpha value is -3.49. The van der Waals surface area contributed by atoms with Crippen molar-refractivity contribution < 1.29 is 27.9 Å². The Morgan fingerprint density at radius 3 is 2.11 bits per heavy atom. The minimum Gasteiger partial charge on any atom is -0.469 e. The molecule has 0 bridgehead atoms. The lowest BCUT2D eigenvalue weighted by Gasteiger charge is -2.34. The lowest BCUT2D eigenvalue weighted by Crippen LogP contribution is -2.55. The molecule has 1 fully saturated rings. The van der Waals surface area contributed by atoms with Crippen LogP contribution in [0.3, 0.4) is 0 Å². The Balaban J connectivity index is 1.64. The summed E-state index contributed by atoms with van der Waals surface area (Å²) < 4.78 is 31.4. The molecule has 206 valence electrons. The third-order valence-electron chi connectivity index (χ3n) is 6.90. The normalized spacial score (nSPS) is 15.9. The summed E-state index contributed by atoms with van der Waals surface area (Å²) in [4.78, 5) is 40.7. The zero-order valence-electron chi connectivity index (χ0n) is 22.4. The highest BCUT2D eigenvalue weighted by Crippen LogP contribution is 2.24. The number of ether oxygens (including phenoxy) is 1. The van der Waals surface area contributed by atoms with Crippen molar-refractivity contribution in [3.63, 3.8) is 0 Å². The van der Waals surface area contributed by atoms with Crippen LogP contribution in [0.5, 0.6) is 0 Å². The molecule has 0 saturated carbocycles. The number of piperidine rings is 1. The fraction of sp³-hybridized carbons (Fsp3) is 0.483. The van der Waals surface area contributed by atoms with E-state index in [1.165, 1.54) is 31.4 Å². The number of anilines is 1. The van der Waals surface area contributed by atoms with Crippen molar-refractivity contribution in [3.8, 4) is 0 Å². The molecule has 2 atom stereocenters. The molecule has 2 aromatic carbocycles. The monoisotopic (exact) mass is 529 g/mol. The van der Waals surface area contributed by atoms with E-state index in [-0.39, 0.29) is 29.9 Å². The summed E-state index contributed by atoms with van der Waals surface area (Å²) in [7, 11) is 1.28. The molecule has 38 heavy (non-hydrogen) atoms. The minimum absolute atomic E-state index is 0.0886. The van der Waals surface area contributed by atoms with E-state index >= 15 is 0 Å². The summed E-state index contributed by atoms with van der Waals surface area (Å²) in [6.45, 7) is 6.61. The number of hydrogen-bond donors (Lipinski definition) is 2. The number of nitrogens with one attached hydrogen (secondary N) is 2. The molecule has 0 aliphatic carbocycles. The first-order valence-corrected chi connectivity index (χ1v) is 12.9. The number of carbonyl (C=O) groups is 3. The fourth-order valence-corrected chi connectivity index (χ4v) is 4.80. The number of halogens is 2. The molecular formula is C29H37F2N3O4. The van der Waals surface area contributed by atoms with Gasteiger partial charge < -0.3 is 20.3 Å². The highest BCUT2D eigenvalue weighted by atomic mass is 19.1. The van der Waals surface area contributed by atoms with Crippen molar-refractivity contribution in [1.29, 1.82) is 0 Å². The highest BCUT2D eigenvalue weighted by molar-refractivity contribution is 5.89. The van der Waals surface area contributed by atoms with Crippen LogP contribution in [0.15, 0.2) is 48.5 Å². The molecule has 0 unspecified atom stereocenters. The molecule has 1 saturated heterocycles. The van der Waals surface area contributed by atoms with Gasteiger partial charge in [-0.15, -0.1) is 0 Å². The van der Waals surface area contributed by atoms with Gasteiger partial charge in [0.05, 0.1) is 13.0 Å². The van der Waals surface area contributed by atoms with Crippen molar-refractivity contribution in [2.24, 2.45) is 11.8 Å². The van der Waals surface area contributed by atoms with Gasteiger partial charge in [-0.3, -0.25) is 14.4 Å². The maximum absolute atomic E-state index is 13.4. The Morgan fingerprint density at radius 2 is 1.55 bits per heavy atom. The van der Waals surface area contributed by atoms with Gasteiger partial charge in [-0.1, -0.05) is 19.1 Å². The first-order valence-electron chi connectivity index (χ1n) is 12.9. The lowest BCUT2D eigenvalue weighted by atomic mass is 9.92. The zero-order valence-corrected chi connectivity index (χ0v) is 22.4. The van der Waals surface area contributed by atoms with E-state index in [9.17, 15) is 23.2 Å². The molecule has 9 heteroatoms. The second-order valence-corrected chi connectivity index (χ2v) is 10.6. The van der Waals surface area contributed by atoms with Gasteiger partial charge in [0.15, 0.2) is 0 Å². The first kappa shape index (κ1) is 29.1. The summed E-state index contributed by atoms with van der Waals surface area (Å²) >= 11 is 0. The van der Waals surface area contributed by atoms with Gasteiger partial charge in [-0.05, 0) is 81.5 Å². The maximum atomic E-state index is 13.4. The topological polar surface area (TPSA) is 87.7 Å². The number of esters is 1. The third kappa shape index (κ3) is 8.26. The van der Waals surface area contributed by atoms with Crippen LogP contribution in [-0.2, 0) is 25.5 Å². The molecule has 3 rings (SSSR count). The molecule has 0 spiro atoms. The zero-order chi connectivity index (χ0) is 27.9. The summed E-state index contributed by atoms with van der Waals surface area (Å²) in [5.41, 5.74) is 1.07. The number of nitrogens with zero attached hydrogens (tertiary/aromatic N) is 1.